The number of nitrogens with one attached hydrogen (secondary N) is 2. The maximum atomic E-state index is 11.8. The highest BCUT2D eigenvalue weighted by atomic mass is 16.2. The summed E-state index contributed by atoms with van der Waals surface area (Å²) in [6.07, 6.45) is 3.79. The molecule has 2 N–H and O–H groups in total. The van der Waals surface area contributed by atoms with Gasteiger partial charge in [-0.25, -0.2) is 0 Å². The summed E-state index contributed by atoms with van der Waals surface area (Å²) < 4.78 is 0. The Bertz CT molecular complexity index is 396. The standard InChI is InChI=1S/C18H36N4O/c1-7-14(8-2)15-9-12-22(13-15)17(19-6)21-11-10-20-16(23)18(3,4)5/h14-15H,7-13H2,1-6H3,(H,19,21)(H,20,23). The first-order chi connectivity index (χ1) is 10.8. The number of amides is 1. The third-order valence-corrected chi connectivity index (χ3v) is 4.83. The van der Waals surface area contributed by atoms with Crippen molar-refractivity contribution in [3.05, 3.63) is 0 Å². The molecular weight excluding hydrogens is 288 g/mol. The Hall–Kier alpha value is -1.26. The second-order valence-electron chi connectivity index (χ2n) is 7.55. The number of rotatable bonds is 6. The molecule has 1 saturated heterocycles. The molecule has 1 amide bonds. The highest BCUT2D eigenvalue weighted by Crippen LogP contribution is 2.28. The van der Waals surface area contributed by atoms with Crippen molar-refractivity contribution >= 4 is 11.9 Å². The second kappa shape index (κ2) is 9.14. The van der Waals surface area contributed by atoms with Gasteiger partial charge in [-0.3, -0.25) is 9.79 Å². The van der Waals surface area contributed by atoms with Crippen LogP contribution in [-0.2, 0) is 4.79 Å². The van der Waals surface area contributed by atoms with E-state index < -0.39 is 0 Å². The highest BCUT2D eigenvalue weighted by Gasteiger charge is 2.29. The van der Waals surface area contributed by atoms with E-state index >= 15 is 0 Å². The Kier molecular flexibility index (Phi) is 7.86. The molecular formula is C18H36N4O. The van der Waals surface area contributed by atoms with Gasteiger partial charge in [0.15, 0.2) is 5.96 Å². The smallest absolute Gasteiger partial charge is 0.225 e. The summed E-state index contributed by atoms with van der Waals surface area (Å²) in [6, 6.07) is 0. The number of guanidine groups is 1. The average molecular weight is 325 g/mol. The van der Waals surface area contributed by atoms with Crippen molar-refractivity contribution < 1.29 is 4.79 Å². The first-order valence-corrected chi connectivity index (χ1v) is 9.07. The van der Waals surface area contributed by atoms with Crippen molar-refractivity contribution in [3.8, 4) is 0 Å². The van der Waals surface area contributed by atoms with Crippen LogP contribution in [0.4, 0.5) is 0 Å². The van der Waals surface area contributed by atoms with Crippen molar-refractivity contribution in [1.29, 1.82) is 0 Å². The zero-order valence-electron chi connectivity index (χ0n) is 15.9. The Morgan fingerprint density at radius 2 is 1.83 bits per heavy atom. The van der Waals surface area contributed by atoms with E-state index in [4.69, 9.17) is 0 Å². The van der Waals surface area contributed by atoms with Crippen molar-refractivity contribution in [1.82, 2.24) is 15.5 Å². The van der Waals surface area contributed by atoms with Gasteiger partial charge in [0, 0.05) is 38.6 Å². The topological polar surface area (TPSA) is 56.7 Å². The summed E-state index contributed by atoms with van der Waals surface area (Å²) in [5.41, 5.74) is -0.334. The lowest BCUT2D eigenvalue weighted by molar-refractivity contribution is -0.128. The molecule has 0 bridgehead atoms. The summed E-state index contributed by atoms with van der Waals surface area (Å²) in [4.78, 5) is 18.6. The monoisotopic (exact) mass is 324 g/mol. The van der Waals surface area contributed by atoms with E-state index in [-0.39, 0.29) is 11.3 Å². The molecule has 0 spiro atoms. The van der Waals surface area contributed by atoms with Gasteiger partial charge in [0.25, 0.3) is 0 Å². The van der Waals surface area contributed by atoms with Crippen LogP contribution in [0.25, 0.3) is 0 Å². The van der Waals surface area contributed by atoms with E-state index in [0.717, 1.165) is 30.9 Å². The third kappa shape index (κ3) is 6.04. The molecule has 1 rings (SSSR count). The molecule has 1 unspecified atom stereocenters. The van der Waals surface area contributed by atoms with Crippen molar-refractivity contribution in [3.63, 3.8) is 0 Å². The van der Waals surface area contributed by atoms with E-state index in [9.17, 15) is 4.79 Å². The lowest BCUT2D eigenvalue weighted by Crippen LogP contribution is -2.44. The zero-order chi connectivity index (χ0) is 17.5. The van der Waals surface area contributed by atoms with Crippen molar-refractivity contribution in [2.75, 3.05) is 33.2 Å². The molecule has 5 nitrogen and oxygen atoms in total. The Morgan fingerprint density at radius 1 is 1.22 bits per heavy atom. The van der Waals surface area contributed by atoms with Crippen LogP contribution in [0.1, 0.15) is 53.9 Å². The number of hydrogen-bond donors (Lipinski definition) is 2. The predicted octanol–water partition coefficient (Wildman–Crippen LogP) is 2.48. The Balaban J connectivity index is 2.37. The summed E-state index contributed by atoms with van der Waals surface area (Å²) in [6.45, 7) is 13.9. The molecule has 1 aliphatic heterocycles. The normalized spacial score (nSPS) is 19.3. The van der Waals surface area contributed by atoms with Gasteiger partial charge in [-0.2, -0.15) is 0 Å². The van der Waals surface area contributed by atoms with Gasteiger partial charge < -0.3 is 15.5 Å². The first-order valence-electron chi connectivity index (χ1n) is 9.07. The number of carbonyl (C=O) groups is 1. The van der Waals surface area contributed by atoms with E-state index in [1.54, 1.807) is 0 Å². The van der Waals surface area contributed by atoms with E-state index in [1.165, 1.54) is 19.3 Å². The largest absolute Gasteiger partial charge is 0.354 e. The quantitative estimate of drug-likeness (QED) is 0.448. The minimum atomic E-state index is -0.334. The molecule has 0 aromatic rings. The molecule has 0 aromatic carbocycles. The summed E-state index contributed by atoms with van der Waals surface area (Å²) in [5.74, 6) is 2.65. The van der Waals surface area contributed by atoms with Gasteiger partial charge in [-0.1, -0.05) is 47.5 Å². The van der Waals surface area contributed by atoms with Crippen LogP contribution in [0.2, 0.25) is 0 Å². The van der Waals surface area contributed by atoms with Crippen molar-refractivity contribution in [2.24, 2.45) is 22.2 Å². The predicted molar refractivity (Wildman–Crippen MR) is 97.6 cm³/mol. The average Bonchev–Trinajstić information content (AvgIpc) is 2.97. The van der Waals surface area contributed by atoms with Gasteiger partial charge in [0.05, 0.1) is 0 Å². The molecule has 1 aliphatic rings. The molecule has 1 fully saturated rings. The third-order valence-electron chi connectivity index (χ3n) is 4.83. The van der Waals surface area contributed by atoms with Gasteiger partial charge in [0.2, 0.25) is 5.91 Å². The maximum Gasteiger partial charge on any atom is 0.225 e. The number of hydrogen-bond acceptors (Lipinski definition) is 2. The number of carbonyl (C=O) groups excluding carboxylic acids is 1. The summed E-state index contributed by atoms with van der Waals surface area (Å²) in [5, 5.41) is 6.34. The number of likely N-dealkylation sites (tertiary alicyclic amines) is 1. The first kappa shape index (κ1) is 19.8. The SMILES string of the molecule is CCC(CC)C1CCN(C(=NC)NCCNC(=O)C(C)(C)C)C1. The van der Waals surface area contributed by atoms with Crippen LogP contribution in [0.3, 0.4) is 0 Å². The second-order valence-corrected chi connectivity index (χ2v) is 7.55. The molecule has 23 heavy (non-hydrogen) atoms. The van der Waals surface area contributed by atoms with E-state index in [0.29, 0.717) is 13.1 Å². The lowest BCUT2D eigenvalue weighted by atomic mass is 9.87. The van der Waals surface area contributed by atoms with Crippen LogP contribution < -0.4 is 10.6 Å². The molecule has 134 valence electrons. The zero-order valence-corrected chi connectivity index (χ0v) is 15.9. The van der Waals surface area contributed by atoms with Crippen LogP contribution in [0.5, 0.6) is 0 Å². The highest BCUT2D eigenvalue weighted by molar-refractivity contribution is 5.82. The lowest BCUT2D eigenvalue weighted by Gasteiger charge is -2.24. The van der Waals surface area contributed by atoms with Crippen molar-refractivity contribution in [2.45, 2.75) is 53.9 Å². The molecule has 5 heteroatoms. The molecule has 1 atom stereocenters. The van der Waals surface area contributed by atoms with Gasteiger partial charge in [-0.05, 0) is 18.3 Å². The molecule has 1 heterocycles. The molecule has 0 radical (unpaired) electrons. The Labute approximate surface area is 142 Å². The van der Waals surface area contributed by atoms with Gasteiger partial charge >= 0.3 is 0 Å². The van der Waals surface area contributed by atoms with Crippen LogP contribution >= 0.6 is 0 Å². The van der Waals surface area contributed by atoms with Crippen LogP contribution in [0, 0.1) is 17.3 Å². The van der Waals surface area contributed by atoms with Crippen LogP contribution in [-0.4, -0.2) is 50.0 Å². The minimum absolute atomic E-state index is 0.0873. The Morgan fingerprint density at radius 3 is 2.35 bits per heavy atom. The fourth-order valence-corrected chi connectivity index (χ4v) is 3.27. The van der Waals surface area contributed by atoms with E-state index in [1.807, 2.05) is 27.8 Å². The molecule has 0 aromatic heterocycles. The van der Waals surface area contributed by atoms with Gasteiger partial charge in [0.1, 0.15) is 0 Å². The maximum absolute atomic E-state index is 11.8. The summed E-state index contributed by atoms with van der Waals surface area (Å²) >= 11 is 0. The number of aliphatic imine (C=N–C) groups is 1. The van der Waals surface area contributed by atoms with Crippen LogP contribution in [0.15, 0.2) is 4.99 Å². The van der Waals surface area contributed by atoms with E-state index in [2.05, 4.69) is 34.4 Å². The number of nitrogens with zero attached hydrogens (tertiary/aromatic N) is 2. The minimum Gasteiger partial charge on any atom is -0.354 e. The summed E-state index contributed by atoms with van der Waals surface area (Å²) in [7, 11) is 1.83. The fraction of sp³-hybridized carbons (Fsp3) is 0.889. The molecule has 0 aliphatic carbocycles. The fourth-order valence-electron chi connectivity index (χ4n) is 3.27. The molecule has 0 saturated carbocycles. The van der Waals surface area contributed by atoms with Gasteiger partial charge in [-0.15, -0.1) is 0 Å².